The second-order valence-electron chi connectivity index (χ2n) is 10.9. The molecular formula is C32H38BrN3O4S. The molecule has 1 fully saturated rings. The Kier molecular flexibility index (Phi) is 10.3. The highest BCUT2D eigenvalue weighted by atomic mass is 79.9. The standard InChI is InChI=1S/C32H38BrN3O4S/c1-23-13-15-26(16-14-23)21-35(31(37)22-36(41(3,39)40)28-17-18-29(33)24(2)19-28)30(20-25-9-5-4-6-10-25)32(38)34-27-11-7-8-12-27/h4-6,9-10,13-19,27,30H,7-8,11-12,20-22H2,1-3H3,(H,34,38). The van der Waals surface area contributed by atoms with Crippen LogP contribution in [-0.2, 0) is 32.6 Å². The van der Waals surface area contributed by atoms with Crippen LogP contribution in [0.25, 0.3) is 0 Å². The predicted molar refractivity (Wildman–Crippen MR) is 167 cm³/mol. The molecule has 3 aromatic rings. The average Bonchev–Trinajstić information content (AvgIpc) is 3.45. The van der Waals surface area contributed by atoms with Gasteiger partial charge in [0.25, 0.3) is 0 Å². The van der Waals surface area contributed by atoms with E-state index in [2.05, 4.69) is 21.2 Å². The summed E-state index contributed by atoms with van der Waals surface area (Å²) in [5.74, 6) is -0.661. The molecule has 1 aliphatic carbocycles. The minimum absolute atomic E-state index is 0.0790. The fourth-order valence-electron chi connectivity index (χ4n) is 5.21. The number of nitrogens with zero attached hydrogens (tertiary/aromatic N) is 2. The summed E-state index contributed by atoms with van der Waals surface area (Å²) in [6.07, 6.45) is 5.37. The fourth-order valence-corrected chi connectivity index (χ4v) is 6.30. The zero-order valence-electron chi connectivity index (χ0n) is 23.8. The summed E-state index contributed by atoms with van der Waals surface area (Å²) in [4.78, 5) is 29.6. The number of sulfonamides is 1. The summed E-state index contributed by atoms with van der Waals surface area (Å²) < 4.78 is 27.9. The first-order valence-corrected chi connectivity index (χ1v) is 16.6. The van der Waals surface area contributed by atoms with Crippen LogP contribution in [0.3, 0.4) is 0 Å². The molecule has 3 aromatic carbocycles. The lowest BCUT2D eigenvalue weighted by molar-refractivity contribution is -0.140. The number of amides is 2. The zero-order chi connectivity index (χ0) is 29.6. The number of hydrogen-bond acceptors (Lipinski definition) is 4. The molecule has 0 heterocycles. The van der Waals surface area contributed by atoms with Gasteiger partial charge in [0, 0.05) is 23.5 Å². The molecule has 7 nitrogen and oxygen atoms in total. The summed E-state index contributed by atoms with van der Waals surface area (Å²) in [5, 5.41) is 3.19. The van der Waals surface area contributed by atoms with E-state index in [1.54, 1.807) is 23.1 Å². The molecule has 1 aliphatic rings. The van der Waals surface area contributed by atoms with Crippen LogP contribution < -0.4 is 9.62 Å². The molecule has 0 aliphatic heterocycles. The molecule has 0 bridgehead atoms. The van der Waals surface area contributed by atoms with Gasteiger partial charge in [-0.1, -0.05) is 88.9 Å². The Morgan fingerprint density at radius 3 is 2.22 bits per heavy atom. The van der Waals surface area contributed by atoms with Gasteiger partial charge in [0.2, 0.25) is 21.8 Å². The molecule has 1 N–H and O–H groups in total. The number of carbonyl (C=O) groups is 2. The summed E-state index contributed by atoms with van der Waals surface area (Å²) in [7, 11) is -3.81. The van der Waals surface area contributed by atoms with Gasteiger partial charge in [0.05, 0.1) is 11.9 Å². The molecule has 41 heavy (non-hydrogen) atoms. The third-order valence-electron chi connectivity index (χ3n) is 7.55. The number of rotatable bonds is 11. The Hall–Kier alpha value is -3.17. The minimum Gasteiger partial charge on any atom is -0.352 e. The van der Waals surface area contributed by atoms with E-state index in [-0.39, 0.29) is 18.5 Å². The first kappa shape index (κ1) is 30.8. The van der Waals surface area contributed by atoms with Crippen molar-refractivity contribution >= 4 is 43.5 Å². The lowest BCUT2D eigenvalue weighted by atomic mass is 10.0. The summed E-state index contributed by atoms with van der Waals surface area (Å²) in [6, 6.07) is 21.9. The maximum atomic E-state index is 14.2. The van der Waals surface area contributed by atoms with Crippen LogP contribution in [0.5, 0.6) is 0 Å². The number of halogens is 1. The Morgan fingerprint density at radius 1 is 0.951 bits per heavy atom. The molecule has 2 amide bonds. The van der Waals surface area contributed by atoms with Crippen LogP contribution in [0.15, 0.2) is 77.3 Å². The largest absolute Gasteiger partial charge is 0.352 e. The normalized spacial score (nSPS) is 14.4. The van der Waals surface area contributed by atoms with E-state index < -0.39 is 28.5 Å². The number of nitrogens with one attached hydrogen (secondary N) is 1. The van der Waals surface area contributed by atoms with E-state index in [0.717, 1.165) is 63.0 Å². The first-order chi connectivity index (χ1) is 19.5. The SMILES string of the molecule is Cc1ccc(CN(C(=O)CN(c2ccc(Br)c(C)c2)S(C)(=O)=O)C(Cc2ccccc2)C(=O)NC2CCCC2)cc1. The zero-order valence-corrected chi connectivity index (χ0v) is 26.2. The molecule has 1 unspecified atom stereocenters. The molecule has 0 radical (unpaired) electrons. The molecule has 0 saturated heterocycles. The van der Waals surface area contributed by atoms with Crippen LogP contribution in [0, 0.1) is 13.8 Å². The third kappa shape index (κ3) is 8.42. The van der Waals surface area contributed by atoms with Gasteiger partial charge < -0.3 is 10.2 Å². The Balaban J connectivity index is 1.72. The topological polar surface area (TPSA) is 86.8 Å². The van der Waals surface area contributed by atoms with Gasteiger partial charge in [-0.25, -0.2) is 8.42 Å². The van der Waals surface area contributed by atoms with Crippen molar-refractivity contribution in [2.45, 2.75) is 64.6 Å². The monoisotopic (exact) mass is 639 g/mol. The van der Waals surface area contributed by atoms with E-state index in [1.807, 2.05) is 68.4 Å². The highest BCUT2D eigenvalue weighted by Gasteiger charge is 2.34. The second-order valence-corrected chi connectivity index (χ2v) is 13.7. The smallest absolute Gasteiger partial charge is 0.244 e. The van der Waals surface area contributed by atoms with Crippen molar-refractivity contribution in [2.75, 3.05) is 17.1 Å². The highest BCUT2D eigenvalue weighted by molar-refractivity contribution is 9.10. The first-order valence-electron chi connectivity index (χ1n) is 13.9. The molecule has 1 atom stereocenters. The lowest BCUT2D eigenvalue weighted by Gasteiger charge is -2.34. The van der Waals surface area contributed by atoms with Crippen LogP contribution in [0.4, 0.5) is 5.69 Å². The van der Waals surface area contributed by atoms with Crippen molar-refractivity contribution < 1.29 is 18.0 Å². The van der Waals surface area contributed by atoms with Crippen molar-refractivity contribution in [3.8, 4) is 0 Å². The fraction of sp³-hybridized carbons (Fsp3) is 0.375. The number of carbonyl (C=O) groups excluding carboxylic acids is 2. The van der Waals surface area contributed by atoms with Gasteiger partial charge in [-0.15, -0.1) is 0 Å². The van der Waals surface area contributed by atoms with Gasteiger partial charge in [0.1, 0.15) is 12.6 Å². The Bertz CT molecular complexity index is 1460. The lowest BCUT2D eigenvalue weighted by Crippen LogP contribution is -2.54. The molecule has 9 heteroatoms. The molecule has 4 rings (SSSR count). The molecule has 1 saturated carbocycles. The van der Waals surface area contributed by atoms with Crippen LogP contribution in [-0.4, -0.2) is 50.0 Å². The molecule has 0 spiro atoms. The van der Waals surface area contributed by atoms with Gasteiger partial charge >= 0.3 is 0 Å². The van der Waals surface area contributed by atoms with E-state index in [4.69, 9.17) is 0 Å². The molecular weight excluding hydrogens is 602 g/mol. The minimum atomic E-state index is -3.81. The maximum absolute atomic E-state index is 14.2. The summed E-state index contributed by atoms with van der Waals surface area (Å²) in [5.41, 5.74) is 4.11. The quantitative estimate of drug-likeness (QED) is 0.299. The third-order valence-corrected chi connectivity index (χ3v) is 9.59. The van der Waals surface area contributed by atoms with Crippen molar-refractivity contribution in [1.82, 2.24) is 10.2 Å². The van der Waals surface area contributed by atoms with Crippen molar-refractivity contribution in [2.24, 2.45) is 0 Å². The number of anilines is 1. The van der Waals surface area contributed by atoms with E-state index in [1.165, 1.54) is 0 Å². The number of aryl methyl sites for hydroxylation is 2. The van der Waals surface area contributed by atoms with E-state index >= 15 is 0 Å². The van der Waals surface area contributed by atoms with Crippen molar-refractivity contribution in [1.29, 1.82) is 0 Å². The second kappa shape index (κ2) is 13.7. The number of benzene rings is 3. The van der Waals surface area contributed by atoms with Gasteiger partial charge in [0.15, 0.2) is 0 Å². The maximum Gasteiger partial charge on any atom is 0.244 e. The van der Waals surface area contributed by atoms with Gasteiger partial charge in [-0.3, -0.25) is 13.9 Å². The molecule has 218 valence electrons. The Labute approximate surface area is 252 Å². The van der Waals surface area contributed by atoms with Crippen molar-refractivity contribution in [3.05, 3.63) is 99.5 Å². The van der Waals surface area contributed by atoms with Gasteiger partial charge in [-0.05, 0) is 61.6 Å². The summed E-state index contributed by atoms with van der Waals surface area (Å²) >= 11 is 3.46. The number of hydrogen-bond donors (Lipinski definition) is 1. The van der Waals surface area contributed by atoms with Crippen LogP contribution in [0.2, 0.25) is 0 Å². The van der Waals surface area contributed by atoms with E-state index in [9.17, 15) is 18.0 Å². The van der Waals surface area contributed by atoms with Crippen molar-refractivity contribution in [3.63, 3.8) is 0 Å². The summed E-state index contributed by atoms with van der Waals surface area (Å²) in [6.45, 7) is 3.60. The molecule has 0 aromatic heterocycles. The van der Waals surface area contributed by atoms with E-state index in [0.29, 0.717) is 12.1 Å². The average molecular weight is 641 g/mol. The highest BCUT2D eigenvalue weighted by Crippen LogP contribution is 2.26. The Morgan fingerprint density at radius 2 is 1.61 bits per heavy atom. The van der Waals surface area contributed by atoms with Crippen LogP contribution in [0.1, 0.15) is 47.9 Å². The van der Waals surface area contributed by atoms with Crippen LogP contribution >= 0.6 is 15.9 Å². The predicted octanol–water partition coefficient (Wildman–Crippen LogP) is 5.53. The van der Waals surface area contributed by atoms with Gasteiger partial charge in [-0.2, -0.15) is 0 Å².